The molecule has 1 fully saturated rings. The maximum Gasteiger partial charge on any atom is 0.311 e. The number of nitrogens with zero attached hydrogens (tertiary/aromatic N) is 1. The monoisotopic (exact) mass is 343 g/mol. The van der Waals surface area contributed by atoms with Gasteiger partial charge in [-0.1, -0.05) is 5.92 Å². The van der Waals surface area contributed by atoms with Gasteiger partial charge >= 0.3 is 5.69 Å². The molecule has 88 valence electrons. The van der Waals surface area contributed by atoms with Crippen LogP contribution in [0.4, 0.5) is 5.69 Å². The second-order valence-electron chi connectivity index (χ2n) is 4.08. The molecule has 0 bridgehead atoms. The van der Waals surface area contributed by atoms with Gasteiger partial charge in [-0.15, -0.1) is 6.42 Å². The van der Waals surface area contributed by atoms with Crippen molar-refractivity contribution in [2.75, 3.05) is 6.61 Å². The van der Waals surface area contributed by atoms with Crippen molar-refractivity contribution in [1.29, 1.82) is 0 Å². The molecule has 1 aromatic carbocycles. The van der Waals surface area contributed by atoms with Gasteiger partial charge < -0.3 is 4.74 Å². The van der Waals surface area contributed by atoms with Crippen LogP contribution in [-0.2, 0) is 0 Å². The van der Waals surface area contributed by atoms with E-state index in [1.165, 1.54) is 6.07 Å². The van der Waals surface area contributed by atoms with E-state index in [9.17, 15) is 10.1 Å². The number of rotatable bonds is 4. The van der Waals surface area contributed by atoms with Gasteiger partial charge in [0.05, 0.1) is 10.3 Å². The summed E-state index contributed by atoms with van der Waals surface area (Å²) in [6.07, 6.45) is 7.25. The molecule has 0 saturated heterocycles. The third-order valence-corrected chi connectivity index (χ3v) is 3.45. The van der Waals surface area contributed by atoms with E-state index in [2.05, 4.69) is 5.92 Å². The van der Waals surface area contributed by atoms with E-state index in [0.717, 1.165) is 16.4 Å². The Balaban J connectivity index is 2.16. The van der Waals surface area contributed by atoms with Crippen LogP contribution >= 0.6 is 22.6 Å². The number of nitro benzene ring substituents is 1. The lowest BCUT2D eigenvalue weighted by Crippen LogP contribution is -2.11. The summed E-state index contributed by atoms with van der Waals surface area (Å²) < 4.78 is 6.29. The first kappa shape index (κ1) is 12.2. The van der Waals surface area contributed by atoms with Gasteiger partial charge in [-0.25, -0.2) is 0 Å². The lowest BCUT2D eigenvalue weighted by atomic mass is 10.1. The van der Waals surface area contributed by atoms with E-state index in [1.807, 2.05) is 22.6 Å². The maximum absolute atomic E-state index is 10.9. The Hall–Kier alpha value is -1.29. The smallest absolute Gasteiger partial charge is 0.311 e. The fourth-order valence-corrected chi connectivity index (χ4v) is 1.93. The Kier molecular flexibility index (Phi) is 3.24. The highest BCUT2D eigenvalue weighted by Crippen LogP contribution is 2.45. The number of ether oxygens (including phenoxy) is 1. The highest BCUT2D eigenvalue weighted by molar-refractivity contribution is 14.1. The van der Waals surface area contributed by atoms with Crippen molar-refractivity contribution in [1.82, 2.24) is 0 Å². The Morgan fingerprint density at radius 1 is 1.59 bits per heavy atom. The Labute approximate surface area is 113 Å². The zero-order chi connectivity index (χ0) is 12.5. The predicted molar refractivity (Wildman–Crippen MR) is 71.8 cm³/mol. The molecular formula is C12H10INO3. The summed E-state index contributed by atoms with van der Waals surface area (Å²) in [6, 6.07) is 4.89. The van der Waals surface area contributed by atoms with Crippen LogP contribution in [0.2, 0.25) is 0 Å². The maximum atomic E-state index is 10.9. The third-order valence-electron chi connectivity index (χ3n) is 2.78. The minimum Gasteiger partial charge on any atom is -0.485 e. The number of hydrogen-bond acceptors (Lipinski definition) is 3. The molecule has 5 heteroatoms. The van der Waals surface area contributed by atoms with Crippen LogP contribution in [0, 0.1) is 31.4 Å². The van der Waals surface area contributed by atoms with Gasteiger partial charge in [0.25, 0.3) is 0 Å². The number of nitro groups is 1. The Morgan fingerprint density at radius 3 is 2.82 bits per heavy atom. The summed E-state index contributed by atoms with van der Waals surface area (Å²) in [6.45, 7) is 0.352. The molecule has 1 aliphatic carbocycles. The normalized spacial score (nSPS) is 16.0. The van der Waals surface area contributed by atoms with E-state index in [4.69, 9.17) is 11.2 Å². The summed E-state index contributed by atoms with van der Waals surface area (Å²) in [4.78, 5) is 10.4. The van der Waals surface area contributed by atoms with Crippen LogP contribution in [0.15, 0.2) is 18.2 Å². The van der Waals surface area contributed by atoms with Crippen LogP contribution in [0.25, 0.3) is 0 Å². The first-order valence-electron chi connectivity index (χ1n) is 5.11. The lowest BCUT2D eigenvalue weighted by molar-refractivity contribution is -0.386. The summed E-state index contributed by atoms with van der Waals surface area (Å²) in [5.41, 5.74) is -0.207. The Morgan fingerprint density at radius 2 is 2.29 bits per heavy atom. The number of hydrogen-bond donors (Lipinski definition) is 0. The average molecular weight is 343 g/mol. The van der Waals surface area contributed by atoms with Crippen molar-refractivity contribution in [2.45, 2.75) is 12.8 Å². The quantitative estimate of drug-likeness (QED) is 0.366. The number of benzene rings is 1. The largest absolute Gasteiger partial charge is 0.485 e. The van der Waals surface area contributed by atoms with Gasteiger partial charge in [-0.05, 0) is 47.6 Å². The van der Waals surface area contributed by atoms with Crippen LogP contribution in [-0.4, -0.2) is 11.5 Å². The van der Waals surface area contributed by atoms with E-state index in [1.54, 1.807) is 12.1 Å². The molecule has 0 heterocycles. The van der Waals surface area contributed by atoms with Crippen LogP contribution < -0.4 is 4.74 Å². The van der Waals surface area contributed by atoms with E-state index >= 15 is 0 Å². The van der Waals surface area contributed by atoms with E-state index in [0.29, 0.717) is 6.61 Å². The minimum atomic E-state index is -0.438. The van der Waals surface area contributed by atoms with Gasteiger partial charge in [0.1, 0.15) is 6.61 Å². The molecule has 2 rings (SSSR count). The van der Waals surface area contributed by atoms with E-state index in [-0.39, 0.29) is 16.9 Å². The summed E-state index contributed by atoms with van der Waals surface area (Å²) in [5.74, 6) is 2.98. The summed E-state index contributed by atoms with van der Waals surface area (Å²) in [7, 11) is 0. The molecule has 0 amide bonds. The van der Waals surface area contributed by atoms with Crippen LogP contribution in [0.1, 0.15) is 12.8 Å². The summed E-state index contributed by atoms with van der Waals surface area (Å²) in [5, 5.41) is 10.9. The van der Waals surface area contributed by atoms with Gasteiger partial charge in [0.15, 0.2) is 5.75 Å². The highest BCUT2D eigenvalue weighted by atomic mass is 127. The number of terminal acetylenes is 1. The standard InChI is InChI=1S/C12H10INO3/c1-2-12(5-6-12)8-17-11-4-3-9(13)7-10(11)14(15)16/h1,3-4,7H,5-6,8H2. The fourth-order valence-electron chi connectivity index (χ4n) is 1.45. The molecule has 0 unspecified atom stereocenters. The molecule has 0 N–H and O–H groups in total. The molecule has 1 saturated carbocycles. The van der Waals surface area contributed by atoms with Crippen LogP contribution in [0.3, 0.4) is 0 Å². The minimum absolute atomic E-state index is 0.00952. The van der Waals surface area contributed by atoms with Gasteiger partial charge in [-0.3, -0.25) is 10.1 Å². The molecule has 0 spiro atoms. The zero-order valence-electron chi connectivity index (χ0n) is 8.98. The molecule has 1 aromatic rings. The topological polar surface area (TPSA) is 52.4 Å². The first-order valence-corrected chi connectivity index (χ1v) is 6.19. The second-order valence-corrected chi connectivity index (χ2v) is 5.33. The first-order chi connectivity index (χ1) is 8.06. The van der Waals surface area contributed by atoms with Crippen molar-refractivity contribution in [2.24, 2.45) is 5.41 Å². The molecular weight excluding hydrogens is 333 g/mol. The number of halogens is 1. The SMILES string of the molecule is C#CC1(COc2ccc(I)cc2[N+](=O)[O-])CC1. The molecule has 1 aliphatic rings. The second kappa shape index (κ2) is 4.53. The fraction of sp³-hybridized carbons (Fsp3) is 0.333. The molecule has 0 aliphatic heterocycles. The molecule has 17 heavy (non-hydrogen) atoms. The molecule has 0 aromatic heterocycles. The Bertz CT molecular complexity index is 503. The van der Waals surface area contributed by atoms with Crippen molar-refractivity contribution in [3.63, 3.8) is 0 Å². The highest BCUT2D eigenvalue weighted by Gasteiger charge is 2.42. The van der Waals surface area contributed by atoms with Crippen molar-refractivity contribution in [3.05, 3.63) is 31.9 Å². The zero-order valence-corrected chi connectivity index (χ0v) is 11.1. The van der Waals surface area contributed by atoms with Gasteiger partial charge in [0, 0.05) is 9.64 Å². The van der Waals surface area contributed by atoms with Crippen molar-refractivity contribution >= 4 is 28.3 Å². The van der Waals surface area contributed by atoms with Gasteiger partial charge in [-0.2, -0.15) is 0 Å². The molecule has 0 radical (unpaired) electrons. The van der Waals surface area contributed by atoms with Crippen molar-refractivity contribution < 1.29 is 9.66 Å². The average Bonchev–Trinajstić information content (AvgIpc) is 3.08. The predicted octanol–water partition coefficient (Wildman–Crippen LogP) is 2.99. The third kappa shape index (κ3) is 2.69. The molecule has 0 atom stereocenters. The van der Waals surface area contributed by atoms with E-state index < -0.39 is 4.92 Å². The lowest BCUT2D eigenvalue weighted by Gasteiger charge is -2.10. The van der Waals surface area contributed by atoms with Gasteiger partial charge in [0.2, 0.25) is 0 Å². The molecule has 4 nitrogen and oxygen atoms in total. The van der Waals surface area contributed by atoms with Crippen molar-refractivity contribution in [3.8, 4) is 18.1 Å². The van der Waals surface area contributed by atoms with Crippen LogP contribution in [0.5, 0.6) is 5.75 Å². The summed E-state index contributed by atoms with van der Waals surface area (Å²) >= 11 is 2.03.